The van der Waals surface area contributed by atoms with Gasteiger partial charge in [0, 0.05) is 44.6 Å². The first kappa shape index (κ1) is 18.6. The molecule has 0 aliphatic carbocycles. The van der Waals surface area contributed by atoms with Crippen molar-refractivity contribution in [1.82, 2.24) is 19.7 Å². The molecular weight excluding hydrogens is 372 g/mol. The molecule has 2 aromatic heterocycles. The first-order valence-electron chi connectivity index (χ1n) is 9.32. The molecule has 0 saturated carbocycles. The van der Waals surface area contributed by atoms with Gasteiger partial charge in [-0.1, -0.05) is 12.1 Å². The van der Waals surface area contributed by atoms with Crippen LogP contribution in [-0.4, -0.2) is 56.7 Å². The normalized spacial score (nSPS) is 14.1. The summed E-state index contributed by atoms with van der Waals surface area (Å²) in [6, 6.07) is 12.8. The molecule has 29 heavy (non-hydrogen) atoms. The van der Waals surface area contributed by atoms with E-state index in [4.69, 9.17) is 0 Å². The van der Waals surface area contributed by atoms with Crippen LogP contribution in [0, 0.1) is 10.1 Å². The van der Waals surface area contributed by atoms with E-state index in [-0.39, 0.29) is 11.7 Å². The SMILES string of the molecule is O=C(Cc1ccc(-n2cccn2)cc1)N1CCN(c2ccc([N+](=O)[O-])nc2)CC1. The van der Waals surface area contributed by atoms with Crippen LogP contribution in [0.1, 0.15) is 5.56 Å². The number of pyridine rings is 1. The van der Waals surface area contributed by atoms with Crippen LogP contribution >= 0.6 is 0 Å². The molecule has 0 spiro atoms. The molecule has 4 rings (SSSR count). The van der Waals surface area contributed by atoms with Gasteiger partial charge in [0.2, 0.25) is 5.91 Å². The van der Waals surface area contributed by atoms with Crippen molar-refractivity contribution in [2.45, 2.75) is 6.42 Å². The number of carbonyl (C=O) groups is 1. The molecule has 3 aromatic rings. The molecule has 0 unspecified atom stereocenters. The van der Waals surface area contributed by atoms with Crippen molar-refractivity contribution >= 4 is 17.4 Å². The number of hydrogen-bond acceptors (Lipinski definition) is 6. The minimum atomic E-state index is -0.512. The average Bonchev–Trinajstić information content (AvgIpc) is 3.29. The molecule has 0 atom stereocenters. The van der Waals surface area contributed by atoms with E-state index >= 15 is 0 Å². The van der Waals surface area contributed by atoms with Crippen LogP contribution in [0.3, 0.4) is 0 Å². The van der Waals surface area contributed by atoms with Gasteiger partial charge < -0.3 is 19.9 Å². The predicted molar refractivity (Wildman–Crippen MR) is 107 cm³/mol. The van der Waals surface area contributed by atoms with Crippen molar-refractivity contribution in [2.75, 3.05) is 31.1 Å². The summed E-state index contributed by atoms with van der Waals surface area (Å²) < 4.78 is 1.78. The number of hydrogen-bond donors (Lipinski definition) is 0. The highest BCUT2D eigenvalue weighted by molar-refractivity contribution is 5.79. The van der Waals surface area contributed by atoms with Crippen LogP contribution in [0.2, 0.25) is 0 Å². The molecule has 0 radical (unpaired) electrons. The Kier molecular flexibility index (Phi) is 5.19. The summed E-state index contributed by atoms with van der Waals surface area (Å²) >= 11 is 0. The second-order valence-corrected chi connectivity index (χ2v) is 6.79. The van der Waals surface area contributed by atoms with E-state index in [1.807, 2.05) is 41.4 Å². The first-order valence-corrected chi connectivity index (χ1v) is 9.32. The molecule has 1 aromatic carbocycles. The van der Waals surface area contributed by atoms with Gasteiger partial charge in [-0.2, -0.15) is 5.10 Å². The third-order valence-electron chi connectivity index (χ3n) is 4.98. The Morgan fingerprint density at radius 2 is 1.76 bits per heavy atom. The first-order chi connectivity index (χ1) is 14.1. The second kappa shape index (κ2) is 8.09. The highest BCUT2D eigenvalue weighted by Gasteiger charge is 2.22. The third-order valence-corrected chi connectivity index (χ3v) is 4.98. The van der Waals surface area contributed by atoms with E-state index in [1.54, 1.807) is 16.9 Å². The van der Waals surface area contributed by atoms with Crippen LogP contribution in [-0.2, 0) is 11.2 Å². The monoisotopic (exact) mass is 392 g/mol. The van der Waals surface area contributed by atoms with Crippen LogP contribution in [0.4, 0.5) is 11.5 Å². The van der Waals surface area contributed by atoms with Gasteiger partial charge in [0.25, 0.3) is 0 Å². The van der Waals surface area contributed by atoms with Gasteiger partial charge in [0.05, 0.1) is 17.8 Å². The highest BCUT2D eigenvalue weighted by Crippen LogP contribution is 2.18. The Morgan fingerprint density at radius 3 is 2.34 bits per heavy atom. The van der Waals surface area contributed by atoms with Crippen molar-refractivity contribution in [1.29, 1.82) is 0 Å². The van der Waals surface area contributed by atoms with Crippen LogP contribution in [0.5, 0.6) is 0 Å². The minimum Gasteiger partial charge on any atom is -0.365 e. The molecule has 9 nitrogen and oxygen atoms in total. The summed E-state index contributed by atoms with van der Waals surface area (Å²) in [6.45, 7) is 2.56. The fourth-order valence-corrected chi connectivity index (χ4v) is 3.36. The number of amides is 1. The third kappa shape index (κ3) is 4.23. The molecule has 3 heterocycles. The molecule has 1 fully saturated rings. The summed E-state index contributed by atoms with van der Waals surface area (Å²) in [5.41, 5.74) is 2.75. The zero-order valence-electron chi connectivity index (χ0n) is 15.7. The molecule has 1 amide bonds. The predicted octanol–water partition coefficient (Wildman–Crippen LogP) is 2.07. The summed E-state index contributed by atoms with van der Waals surface area (Å²) in [6.07, 6.45) is 5.47. The van der Waals surface area contributed by atoms with Crippen LogP contribution in [0.15, 0.2) is 61.1 Å². The Bertz CT molecular complexity index is 978. The quantitative estimate of drug-likeness (QED) is 0.487. The molecule has 1 saturated heterocycles. The smallest absolute Gasteiger partial charge is 0.363 e. The molecule has 0 N–H and O–H groups in total. The van der Waals surface area contributed by atoms with Crippen LogP contribution < -0.4 is 4.90 Å². The van der Waals surface area contributed by atoms with E-state index in [0.717, 1.165) is 16.9 Å². The Balaban J connectivity index is 1.31. The van der Waals surface area contributed by atoms with Crippen LogP contribution in [0.25, 0.3) is 5.69 Å². The molecular formula is C20H20N6O3. The molecule has 1 aliphatic rings. The van der Waals surface area contributed by atoms with E-state index in [9.17, 15) is 14.9 Å². The van der Waals surface area contributed by atoms with Gasteiger partial charge in [-0.25, -0.2) is 4.68 Å². The van der Waals surface area contributed by atoms with E-state index in [0.29, 0.717) is 32.6 Å². The maximum Gasteiger partial charge on any atom is 0.363 e. The summed E-state index contributed by atoms with van der Waals surface area (Å²) in [5, 5.41) is 14.9. The van der Waals surface area contributed by atoms with Crippen molar-refractivity contribution in [2.24, 2.45) is 0 Å². The van der Waals surface area contributed by atoms with Gasteiger partial charge in [0.1, 0.15) is 0 Å². The Hall–Kier alpha value is -3.75. The number of nitro groups is 1. The van der Waals surface area contributed by atoms with Gasteiger partial charge in [0.15, 0.2) is 6.20 Å². The number of anilines is 1. The maximum atomic E-state index is 12.6. The summed E-state index contributed by atoms with van der Waals surface area (Å²) in [5.74, 6) is -0.0700. The van der Waals surface area contributed by atoms with Gasteiger partial charge in [-0.05, 0) is 39.7 Å². The lowest BCUT2D eigenvalue weighted by Gasteiger charge is -2.35. The van der Waals surface area contributed by atoms with E-state index in [1.165, 1.54) is 12.3 Å². The fraction of sp³-hybridized carbons (Fsp3) is 0.250. The zero-order chi connectivity index (χ0) is 20.2. The number of nitrogens with zero attached hydrogens (tertiary/aromatic N) is 6. The van der Waals surface area contributed by atoms with E-state index in [2.05, 4.69) is 15.0 Å². The lowest BCUT2D eigenvalue weighted by Crippen LogP contribution is -2.49. The van der Waals surface area contributed by atoms with E-state index < -0.39 is 4.92 Å². The van der Waals surface area contributed by atoms with Crippen molar-refractivity contribution in [3.63, 3.8) is 0 Å². The molecule has 1 aliphatic heterocycles. The van der Waals surface area contributed by atoms with Gasteiger partial charge in [-0.15, -0.1) is 0 Å². The fourth-order valence-electron chi connectivity index (χ4n) is 3.36. The van der Waals surface area contributed by atoms with Gasteiger partial charge in [-0.3, -0.25) is 4.79 Å². The summed E-state index contributed by atoms with van der Waals surface area (Å²) in [4.78, 5) is 30.7. The lowest BCUT2D eigenvalue weighted by atomic mass is 10.1. The zero-order valence-corrected chi connectivity index (χ0v) is 15.7. The number of rotatable bonds is 5. The Labute approximate surface area is 167 Å². The molecule has 9 heteroatoms. The maximum absolute atomic E-state index is 12.6. The molecule has 148 valence electrons. The second-order valence-electron chi connectivity index (χ2n) is 6.79. The van der Waals surface area contributed by atoms with Crippen molar-refractivity contribution in [3.8, 4) is 5.69 Å². The van der Waals surface area contributed by atoms with Crippen molar-refractivity contribution in [3.05, 3.63) is 76.7 Å². The largest absolute Gasteiger partial charge is 0.365 e. The Morgan fingerprint density at radius 1 is 1.03 bits per heavy atom. The number of piperazine rings is 1. The standard InChI is InChI=1S/C20H20N6O3/c27-20(14-16-2-4-17(5-3-16)25-9-1-8-22-25)24-12-10-23(11-13-24)18-6-7-19(21-15-18)26(28)29/h1-9,15H,10-14H2. The average molecular weight is 392 g/mol. The topological polar surface area (TPSA) is 97.4 Å². The lowest BCUT2D eigenvalue weighted by molar-refractivity contribution is -0.389. The number of benzene rings is 1. The highest BCUT2D eigenvalue weighted by atomic mass is 16.6. The minimum absolute atomic E-state index is 0.0957. The summed E-state index contributed by atoms with van der Waals surface area (Å²) in [7, 11) is 0. The number of carbonyl (C=O) groups excluding carboxylic acids is 1. The molecule has 0 bridgehead atoms. The van der Waals surface area contributed by atoms with Crippen molar-refractivity contribution < 1.29 is 9.72 Å². The number of aromatic nitrogens is 3. The van der Waals surface area contributed by atoms with Gasteiger partial charge >= 0.3 is 5.82 Å².